The SMILES string of the molecule is CC(=O)N1CC(F)(F)c2c(Sc3nc(C#N)c(N4CCC5(CC4)Cc4ncsc4[C@H]5N)nc3N)cccc21. The standard InChI is InChI=1S/C25H24F2N8OS2/c1-13(36)35-11-25(26,27)18-16(35)3-2-4-17(18)38-23-21(30)33-22(15(10-28)32-23)34-7-5-24(6-8-34)9-14-19(20(24)29)37-12-31-14/h2-4,12,20H,5-9,11,29H2,1H3,(H2,30,33)/t20-/m1/s1. The van der Waals surface area contributed by atoms with Crippen LogP contribution in [-0.4, -0.2) is 40.5 Å². The van der Waals surface area contributed by atoms with Gasteiger partial charge >= 0.3 is 0 Å². The van der Waals surface area contributed by atoms with Gasteiger partial charge in [-0.25, -0.2) is 15.0 Å². The molecule has 3 aliphatic rings. The molecule has 2 aliphatic heterocycles. The molecule has 0 unspecified atom stereocenters. The van der Waals surface area contributed by atoms with Crippen LogP contribution in [0.3, 0.4) is 0 Å². The Labute approximate surface area is 225 Å². The minimum Gasteiger partial charge on any atom is -0.381 e. The number of fused-ring (bicyclic) bond motifs is 2. The van der Waals surface area contributed by atoms with Crippen molar-refractivity contribution in [3.63, 3.8) is 0 Å². The van der Waals surface area contributed by atoms with Crippen LogP contribution in [0.4, 0.5) is 26.1 Å². The Kier molecular flexibility index (Phi) is 5.82. The summed E-state index contributed by atoms with van der Waals surface area (Å²) in [6.45, 7) is 1.81. The van der Waals surface area contributed by atoms with E-state index in [0.717, 1.165) is 46.5 Å². The van der Waals surface area contributed by atoms with E-state index in [1.165, 1.54) is 19.1 Å². The smallest absolute Gasteiger partial charge is 0.293 e. The van der Waals surface area contributed by atoms with Crippen LogP contribution in [0.15, 0.2) is 33.6 Å². The van der Waals surface area contributed by atoms with Gasteiger partial charge in [0.25, 0.3) is 5.92 Å². The summed E-state index contributed by atoms with van der Waals surface area (Å²) in [5.74, 6) is -3.26. The number of amides is 1. The lowest BCUT2D eigenvalue weighted by Crippen LogP contribution is -2.45. The number of nitriles is 1. The normalized spacial score (nSPS) is 20.9. The van der Waals surface area contributed by atoms with Gasteiger partial charge in [0.05, 0.1) is 29.0 Å². The minimum atomic E-state index is -3.23. The number of carbonyl (C=O) groups excluding carboxylic acids is 1. The summed E-state index contributed by atoms with van der Waals surface area (Å²) in [6.07, 6.45) is 2.48. The van der Waals surface area contributed by atoms with Crippen LogP contribution in [0.2, 0.25) is 0 Å². The zero-order chi connectivity index (χ0) is 26.8. The summed E-state index contributed by atoms with van der Waals surface area (Å²) in [4.78, 5) is 29.8. The molecule has 0 saturated carbocycles. The molecule has 13 heteroatoms. The second-order valence-corrected chi connectivity index (χ2v) is 11.8. The van der Waals surface area contributed by atoms with Crippen molar-refractivity contribution in [1.82, 2.24) is 15.0 Å². The fourth-order valence-electron chi connectivity index (χ4n) is 5.78. The van der Waals surface area contributed by atoms with Gasteiger partial charge in [-0.2, -0.15) is 14.0 Å². The van der Waals surface area contributed by atoms with Gasteiger partial charge < -0.3 is 21.3 Å². The van der Waals surface area contributed by atoms with Gasteiger partial charge in [-0.1, -0.05) is 17.8 Å². The number of benzene rings is 1. The molecule has 1 amide bonds. The number of nitrogens with two attached hydrogens (primary N) is 2. The lowest BCUT2D eigenvalue weighted by atomic mass is 9.74. The Bertz CT molecular complexity index is 1490. The van der Waals surface area contributed by atoms with Crippen LogP contribution in [0.1, 0.15) is 47.6 Å². The van der Waals surface area contributed by atoms with Crippen molar-refractivity contribution in [2.75, 3.05) is 35.2 Å². The maximum Gasteiger partial charge on any atom is 0.293 e. The maximum atomic E-state index is 14.9. The molecular formula is C25H24F2N8OS2. The predicted octanol–water partition coefficient (Wildman–Crippen LogP) is 3.84. The second-order valence-electron chi connectivity index (χ2n) is 9.93. The molecule has 2 aromatic heterocycles. The van der Waals surface area contributed by atoms with E-state index in [9.17, 15) is 18.8 Å². The molecule has 0 radical (unpaired) electrons. The monoisotopic (exact) mass is 554 g/mol. The molecule has 1 aliphatic carbocycles. The van der Waals surface area contributed by atoms with Crippen molar-refractivity contribution < 1.29 is 13.6 Å². The zero-order valence-electron chi connectivity index (χ0n) is 20.4. The molecule has 38 heavy (non-hydrogen) atoms. The van der Waals surface area contributed by atoms with Crippen molar-refractivity contribution in [3.8, 4) is 6.07 Å². The Balaban J connectivity index is 1.26. The number of aromatic nitrogens is 3. The number of carbonyl (C=O) groups is 1. The molecule has 0 bridgehead atoms. The Morgan fingerprint density at radius 2 is 2.05 bits per heavy atom. The first kappa shape index (κ1) is 25.0. The number of nitrogens with zero attached hydrogens (tertiary/aromatic N) is 6. The zero-order valence-corrected chi connectivity index (χ0v) is 22.1. The van der Waals surface area contributed by atoms with Gasteiger partial charge in [-0.3, -0.25) is 4.79 Å². The van der Waals surface area contributed by atoms with E-state index >= 15 is 0 Å². The van der Waals surface area contributed by atoms with Crippen LogP contribution in [0.25, 0.3) is 0 Å². The van der Waals surface area contributed by atoms with Crippen LogP contribution >= 0.6 is 23.1 Å². The summed E-state index contributed by atoms with van der Waals surface area (Å²) in [5, 5.41) is 10.0. The first-order chi connectivity index (χ1) is 18.1. The first-order valence-electron chi connectivity index (χ1n) is 12.1. The molecule has 196 valence electrons. The molecule has 1 aromatic carbocycles. The number of rotatable bonds is 3. The number of anilines is 3. The van der Waals surface area contributed by atoms with E-state index in [2.05, 4.69) is 21.0 Å². The van der Waals surface area contributed by atoms with Crippen molar-refractivity contribution in [2.45, 2.75) is 48.1 Å². The maximum absolute atomic E-state index is 14.9. The van der Waals surface area contributed by atoms with Crippen molar-refractivity contribution >= 4 is 46.3 Å². The fourth-order valence-corrected chi connectivity index (χ4v) is 7.73. The lowest BCUT2D eigenvalue weighted by Gasteiger charge is -2.42. The van der Waals surface area contributed by atoms with E-state index in [-0.39, 0.29) is 44.1 Å². The topological polar surface area (TPSA) is 138 Å². The van der Waals surface area contributed by atoms with Crippen molar-refractivity contribution in [2.24, 2.45) is 11.1 Å². The first-order valence-corrected chi connectivity index (χ1v) is 13.8. The minimum absolute atomic E-state index is 0.0515. The number of hydrogen-bond acceptors (Lipinski definition) is 10. The highest BCUT2D eigenvalue weighted by molar-refractivity contribution is 7.99. The van der Waals surface area contributed by atoms with Crippen LogP contribution in [0, 0.1) is 16.7 Å². The third kappa shape index (κ3) is 3.81. The molecule has 4 heterocycles. The molecular weight excluding hydrogens is 530 g/mol. The Morgan fingerprint density at radius 3 is 2.74 bits per heavy atom. The number of thiazole rings is 1. The number of nitrogen functional groups attached to an aromatic ring is 1. The summed E-state index contributed by atoms with van der Waals surface area (Å²) in [7, 11) is 0. The van der Waals surface area contributed by atoms with Gasteiger partial charge in [0.15, 0.2) is 17.3 Å². The molecule has 1 atom stereocenters. The molecule has 1 saturated heterocycles. The van der Waals surface area contributed by atoms with Crippen molar-refractivity contribution in [3.05, 3.63) is 45.5 Å². The summed E-state index contributed by atoms with van der Waals surface area (Å²) >= 11 is 2.53. The van der Waals surface area contributed by atoms with Gasteiger partial charge in [-0.15, -0.1) is 11.3 Å². The van der Waals surface area contributed by atoms with Crippen LogP contribution in [-0.2, 0) is 17.1 Å². The fraction of sp³-hybridized carbons (Fsp3) is 0.400. The van der Waals surface area contributed by atoms with E-state index in [1.54, 1.807) is 17.4 Å². The average Bonchev–Trinajstić information content (AvgIpc) is 3.53. The predicted molar refractivity (Wildman–Crippen MR) is 140 cm³/mol. The molecule has 6 rings (SSSR count). The summed E-state index contributed by atoms with van der Waals surface area (Å²) in [6, 6.07) is 6.68. The summed E-state index contributed by atoms with van der Waals surface area (Å²) in [5.41, 5.74) is 15.7. The molecule has 1 fully saturated rings. The number of alkyl halides is 2. The third-order valence-electron chi connectivity index (χ3n) is 7.77. The largest absolute Gasteiger partial charge is 0.381 e. The van der Waals surface area contributed by atoms with E-state index in [0.29, 0.717) is 18.9 Å². The van der Waals surface area contributed by atoms with Crippen LogP contribution < -0.4 is 21.3 Å². The average molecular weight is 555 g/mol. The Morgan fingerprint density at radius 1 is 1.29 bits per heavy atom. The molecule has 9 nitrogen and oxygen atoms in total. The van der Waals surface area contributed by atoms with Crippen molar-refractivity contribution in [1.29, 1.82) is 5.26 Å². The van der Waals surface area contributed by atoms with E-state index in [1.807, 2.05) is 10.4 Å². The highest BCUT2D eigenvalue weighted by atomic mass is 32.2. The van der Waals surface area contributed by atoms with Crippen LogP contribution in [0.5, 0.6) is 0 Å². The highest BCUT2D eigenvalue weighted by Crippen LogP contribution is 2.52. The molecule has 1 spiro atoms. The lowest BCUT2D eigenvalue weighted by molar-refractivity contribution is -0.117. The van der Waals surface area contributed by atoms with Gasteiger partial charge in [0.1, 0.15) is 11.1 Å². The van der Waals surface area contributed by atoms with Gasteiger partial charge in [0, 0.05) is 35.8 Å². The highest BCUT2D eigenvalue weighted by Gasteiger charge is 2.48. The number of piperidine rings is 1. The molecule has 3 aromatic rings. The Hall–Kier alpha value is -3.34. The summed E-state index contributed by atoms with van der Waals surface area (Å²) < 4.78 is 29.9. The number of halogens is 2. The van der Waals surface area contributed by atoms with E-state index in [4.69, 9.17) is 11.5 Å². The second kappa shape index (κ2) is 8.86. The third-order valence-corrected chi connectivity index (χ3v) is 9.78. The number of hydrogen-bond donors (Lipinski definition) is 2. The molecule has 4 N–H and O–H groups in total. The van der Waals surface area contributed by atoms with Gasteiger partial charge in [-0.05, 0) is 36.8 Å². The van der Waals surface area contributed by atoms with Gasteiger partial charge in [0.2, 0.25) is 5.91 Å². The van der Waals surface area contributed by atoms with E-state index < -0.39 is 18.4 Å². The quantitative estimate of drug-likeness (QED) is 0.494.